The lowest BCUT2D eigenvalue weighted by Gasteiger charge is -2.06. The van der Waals surface area contributed by atoms with E-state index < -0.39 is 6.10 Å². The molecule has 15 heavy (non-hydrogen) atoms. The molecule has 0 aliphatic heterocycles. The van der Waals surface area contributed by atoms with Crippen molar-refractivity contribution >= 4 is 17.5 Å². The van der Waals surface area contributed by atoms with E-state index in [9.17, 15) is 4.79 Å². The van der Waals surface area contributed by atoms with E-state index in [0.29, 0.717) is 16.3 Å². The van der Waals surface area contributed by atoms with Crippen molar-refractivity contribution in [3.8, 4) is 0 Å². The highest BCUT2D eigenvalue weighted by atomic mass is 32.2. The number of carbonyl (C=O) groups is 1. The summed E-state index contributed by atoms with van der Waals surface area (Å²) in [6.45, 7) is 1.23. The van der Waals surface area contributed by atoms with Gasteiger partial charge in [0.25, 0.3) is 0 Å². The SMILES string of the molecule is CC(=O)c1ccnc(SCC(O)CO)c1. The van der Waals surface area contributed by atoms with Gasteiger partial charge in [0.05, 0.1) is 17.7 Å². The highest BCUT2D eigenvalue weighted by molar-refractivity contribution is 7.99. The van der Waals surface area contributed by atoms with Gasteiger partial charge in [0.15, 0.2) is 5.78 Å². The van der Waals surface area contributed by atoms with Gasteiger partial charge >= 0.3 is 0 Å². The van der Waals surface area contributed by atoms with E-state index in [0.717, 1.165) is 0 Å². The summed E-state index contributed by atoms with van der Waals surface area (Å²) in [5.74, 6) is 0.354. The molecule has 0 aliphatic carbocycles. The highest BCUT2D eigenvalue weighted by Gasteiger charge is 2.05. The van der Waals surface area contributed by atoms with E-state index in [2.05, 4.69) is 4.98 Å². The molecule has 1 heterocycles. The van der Waals surface area contributed by atoms with Gasteiger partial charge in [0.2, 0.25) is 0 Å². The molecule has 0 saturated carbocycles. The molecule has 1 rings (SSSR count). The maximum Gasteiger partial charge on any atom is 0.159 e. The summed E-state index contributed by atoms with van der Waals surface area (Å²) in [5, 5.41) is 18.4. The third-order valence-corrected chi connectivity index (χ3v) is 2.85. The average Bonchev–Trinajstić information content (AvgIpc) is 2.26. The number of ketones is 1. The van der Waals surface area contributed by atoms with Gasteiger partial charge in [-0.25, -0.2) is 4.98 Å². The molecule has 0 aliphatic rings. The van der Waals surface area contributed by atoms with Crippen molar-refractivity contribution in [1.82, 2.24) is 4.98 Å². The van der Waals surface area contributed by atoms with Crippen LogP contribution in [0.25, 0.3) is 0 Å². The fraction of sp³-hybridized carbons (Fsp3) is 0.400. The van der Waals surface area contributed by atoms with Gasteiger partial charge in [-0.2, -0.15) is 0 Å². The van der Waals surface area contributed by atoms with Crippen molar-refractivity contribution < 1.29 is 15.0 Å². The number of thioether (sulfide) groups is 1. The lowest BCUT2D eigenvalue weighted by Crippen LogP contribution is -2.14. The zero-order valence-corrected chi connectivity index (χ0v) is 9.20. The quantitative estimate of drug-likeness (QED) is 0.573. The Balaban J connectivity index is 2.62. The standard InChI is InChI=1S/C10H13NO3S/c1-7(13)8-2-3-11-10(4-8)15-6-9(14)5-12/h2-4,9,12,14H,5-6H2,1H3. The summed E-state index contributed by atoms with van der Waals surface area (Å²) in [7, 11) is 0. The van der Waals surface area contributed by atoms with Gasteiger partial charge in [0, 0.05) is 17.5 Å². The molecular weight excluding hydrogens is 214 g/mol. The van der Waals surface area contributed by atoms with E-state index in [-0.39, 0.29) is 12.4 Å². The van der Waals surface area contributed by atoms with E-state index >= 15 is 0 Å². The minimum Gasteiger partial charge on any atom is -0.394 e. The van der Waals surface area contributed by atoms with Gasteiger partial charge in [-0.1, -0.05) is 0 Å². The Morgan fingerprint density at radius 3 is 3.00 bits per heavy atom. The van der Waals surface area contributed by atoms with Crippen LogP contribution in [0.1, 0.15) is 17.3 Å². The predicted molar refractivity (Wildman–Crippen MR) is 58.1 cm³/mol. The van der Waals surface area contributed by atoms with Crippen LogP contribution in [-0.2, 0) is 0 Å². The van der Waals surface area contributed by atoms with Gasteiger partial charge in [-0.05, 0) is 19.1 Å². The number of carbonyl (C=O) groups excluding carboxylic acids is 1. The number of Topliss-reactive ketones (excluding diaryl/α,β-unsaturated/α-hetero) is 1. The summed E-state index contributed by atoms with van der Waals surface area (Å²) in [6, 6.07) is 3.33. The maximum atomic E-state index is 11.1. The second kappa shape index (κ2) is 5.85. The van der Waals surface area contributed by atoms with E-state index in [1.165, 1.54) is 18.7 Å². The zero-order chi connectivity index (χ0) is 11.3. The van der Waals surface area contributed by atoms with Gasteiger partial charge in [-0.15, -0.1) is 11.8 Å². The molecule has 1 aromatic rings. The molecule has 0 amide bonds. The van der Waals surface area contributed by atoms with Gasteiger partial charge in [0.1, 0.15) is 0 Å². The molecule has 1 aromatic heterocycles. The lowest BCUT2D eigenvalue weighted by atomic mass is 10.2. The normalized spacial score (nSPS) is 12.5. The van der Waals surface area contributed by atoms with E-state index in [1.54, 1.807) is 18.3 Å². The molecule has 0 radical (unpaired) electrons. The van der Waals surface area contributed by atoms with Crippen molar-refractivity contribution in [3.63, 3.8) is 0 Å². The number of hydrogen-bond donors (Lipinski definition) is 2. The summed E-state index contributed by atoms with van der Waals surface area (Å²) in [6.07, 6.45) is 0.808. The molecule has 5 heteroatoms. The van der Waals surface area contributed by atoms with Crippen LogP contribution in [0, 0.1) is 0 Å². The summed E-state index contributed by atoms with van der Waals surface area (Å²) in [5.41, 5.74) is 0.603. The molecule has 1 unspecified atom stereocenters. The van der Waals surface area contributed by atoms with Crippen LogP contribution in [-0.4, -0.2) is 39.4 Å². The lowest BCUT2D eigenvalue weighted by molar-refractivity contribution is 0.101. The number of rotatable bonds is 5. The van der Waals surface area contributed by atoms with Crippen molar-refractivity contribution in [2.45, 2.75) is 18.1 Å². The minimum atomic E-state index is -0.752. The van der Waals surface area contributed by atoms with Crippen LogP contribution in [0.2, 0.25) is 0 Å². The van der Waals surface area contributed by atoms with E-state index in [4.69, 9.17) is 10.2 Å². The number of aliphatic hydroxyl groups is 2. The third-order valence-electron chi connectivity index (χ3n) is 1.78. The first-order valence-electron chi connectivity index (χ1n) is 4.52. The van der Waals surface area contributed by atoms with Crippen LogP contribution in [0.3, 0.4) is 0 Å². The highest BCUT2D eigenvalue weighted by Crippen LogP contribution is 2.17. The second-order valence-electron chi connectivity index (χ2n) is 3.09. The Hall–Kier alpha value is -0.910. The Labute approximate surface area is 92.3 Å². The molecular formula is C10H13NO3S. The van der Waals surface area contributed by atoms with Crippen molar-refractivity contribution in [2.75, 3.05) is 12.4 Å². The fourth-order valence-electron chi connectivity index (χ4n) is 0.942. The Kier molecular flexibility index (Phi) is 4.74. The topological polar surface area (TPSA) is 70.4 Å². The summed E-state index contributed by atoms with van der Waals surface area (Å²) in [4.78, 5) is 15.1. The molecule has 0 saturated heterocycles. The molecule has 0 fully saturated rings. The van der Waals surface area contributed by atoms with Crippen LogP contribution in [0.4, 0.5) is 0 Å². The Morgan fingerprint density at radius 1 is 1.67 bits per heavy atom. The first-order valence-corrected chi connectivity index (χ1v) is 5.50. The molecule has 4 nitrogen and oxygen atoms in total. The molecule has 2 N–H and O–H groups in total. The first kappa shape index (κ1) is 12.2. The van der Waals surface area contributed by atoms with E-state index in [1.807, 2.05) is 0 Å². The summed E-state index contributed by atoms with van der Waals surface area (Å²) < 4.78 is 0. The first-order chi connectivity index (χ1) is 7.13. The minimum absolute atomic E-state index is 0.0121. The Bertz CT molecular complexity index is 343. The van der Waals surface area contributed by atoms with Crippen molar-refractivity contribution in [2.24, 2.45) is 0 Å². The maximum absolute atomic E-state index is 11.1. The number of pyridine rings is 1. The second-order valence-corrected chi connectivity index (χ2v) is 4.13. The number of aromatic nitrogens is 1. The largest absolute Gasteiger partial charge is 0.394 e. The third kappa shape index (κ3) is 3.99. The average molecular weight is 227 g/mol. The summed E-state index contributed by atoms with van der Waals surface area (Å²) >= 11 is 1.31. The zero-order valence-electron chi connectivity index (χ0n) is 8.38. The Morgan fingerprint density at radius 2 is 2.40 bits per heavy atom. The molecule has 0 bridgehead atoms. The van der Waals surface area contributed by atoms with Crippen LogP contribution < -0.4 is 0 Å². The molecule has 1 atom stereocenters. The van der Waals surface area contributed by atoms with Gasteiger partial charge < -0.3 is 10.2 Å². The molecule has 0 aromatic carbocycles. The van der Waals surface area contributed by atoms with Crippen LogP contribution in [0.5, 0.6) is 0 Å². The van der Waals surface area contributed by atoms with Crippen LogP contribution in [0.15, 0.2) is 23.4 Å². The van der Waals surface area contributed by atoms with Crippen molar-refractivity contribution in [3.05, 3.63) is 23.9 Å². The van der Waals surface area contributed by atoms with Gasteiger partial charge in [-0.3, -0.25) is 4.79 Å². The predicted octanol–water partition coefficient (Wildman–Crippen LogP) is 0.730. The number of hydrogen-bond acceptors (Lipinski definition) is 5. The monoisotopic (exact) mass is 227 g/mol. The van der Waals surface area contributed by atoms with Crippen molar-refractivity contribution in [1.29, 1.82) is 0 Å². The number of aliphatic hydroxyl groups excluding tert-OH is 2. The molecule has 0 spiro atoms. The smallest absolute Gasteiger partial charge is 0.159 e. The molecule has 82 valence electrons. The fourth-order valence-corrected chi connectivity index (χ4v) is 1.76. The number of nitrogens with zero attached hydrogens (tertiary/aromatic N) is 1. The van der Waals surface area contributed by atoms with Crippen LogP contribution >= 0.6 is 11.8 Å².